The third-order valence-electron chi connectivity index (χ3n) is 3.90. The minimum absolute atomic E-state index is 0.00716. The summed E-state index contributed by atoms with van der Waals surface area (Å²) >= 11 is 0. The molecule has 0 aromatic heterocycles. The number of ketones is 1. The molecule has 0 fully saturated rings. The Labute approximate surface area is 142 Å². The Morgan fingerprint density at radius 3 is 2.58 bits per heavy atom. The van der Waals surface area contributed by atoms with E-state index in [0.717, 1.165) is 22.4 Å². The van der Waals surface area contributed by atoms with E-state index in [0.29, 0.717) is 12.1 Å². The molecule has 1 amide bonds. The van der Waals surface area contributed by atoms with Gasteiger partial charge in [0, 0.05) is 24.9 Å². The smallest absolute Gasteiger partial charge is 0.220 e. The molecule has 0 bridgehead atoms. The predicted octanol–water partition coefficient (Wildman–Crippen LogP) is 3.59. The zero-order chi connectivity index (χ0) is 17.5. The van der Waals surface area contributed by atoms with E-state index in [4.69, 9.17) is 4.74 Å². The van der Waals surface area contributed by atoms with Crippen molar-refractivity contribution in [3.63, 3.8) is 0 Å². The van der Waals surface area contributed by atoms with Crippen LogP contribution >= 0.6 is 0 Å². The summed E-state index contributed by atoms with van der Waals surface area (Å²) in [6, 6.07) is 13.3. The van der Waals surface area contributed by atoms with E-state index in [-0.39, 0.29) is 24.5 Å². The molecule has 2 aromatic rings. The molecule has 4 heteroatoms. The summed E-state index contributed by atoms with van der Waals surface area (Å²) in [6.07, 6.45) is 0.407. The lowest BCUT2D eigenvalue weighted by Gasteiger charge is -2.08. The summed E-state index contributed by atoms with van der Waals surface area (Å²) in [5.74, 6) is 0.635. The number of amides is 1. The Hall–Kier alpha value is -2.62. The van der Waals surface area contributed by atoms with Gasteiger partial charge in [-0.05, 0) is 43.2 Å². The van der Waals surface area contributed by atoms with Gasteiger partial charge in [0.05, 0.1) is 7.11 Å². The molecule has 0 spiro atoms. The number of carbonyl (C=O) groups is 2. The van der Waals surface area contributed by atoms with Gasteiger partial charge in [-0.3, -0.25) is 9.59 Å². The lowest BCUT2D eigenvalue weighted by atomic mass is 9.99. The lowest BCUT2D eigenvalue weighted by molar-refractivity contribution is -0.121. The fourth-order valence-electron chi connectivity index (χ4n) is 2.47. The summed E-state index contributed by atoms with van der Waals surface area (Å²) in [5, 5.41) is 2.84. The molecule has 0 saturated heterocycles. The highest BCUT2D eigenvalue weighted by Gasteiger charge is 2.12. The Morgan fingerprint density at radius 2 is 1.83 bits per heavy atom. The zero-order valence-electron chi connectivity index (χ0n) is 14.4. The summed E-state index contributed by atoms with van der Waals surface area (Å²) in [7, 11) is 1.61. The molecule has 0 aliphatic rings. The number of Topliss-reactive ketones (excluding diaryl/α,β-unsaturated/α-hetero) is 1. The van der Waals surface area contributed by atoms with Crippen LogP contribution in [0.15, 0.2) is 42.5 Å². The Morgan fingerprint density at radius 1 is 1.04 bits per heavy atom. The lowest BCUT2D eigenvalue weighted by Crippen LogP contribution is -2.23. The molecule has 126 valence electrons. The molecule has 0 radical (unpaired) electrons. The molecule has 0 heterocycles. The Bertz CT molecular complexity index is 737. The van der Waals surface area contributed by atoms with Crippen molar-refractivity contribution in [2.45, 2.75) is 33.2 Å². The van der Waals surface area contributed by atoms with Gasteiger partial charge in [0.15, 0.2) is 5.78 Å². The van der Waals surface area contributed by atoms with Crippen LogP contribution in [0.5, 0.6) is 5.75 Å². The second kappa shape index (κ2) is 8.29. The van der Waals surface area contributed by atoms with Gasteiger partial charge in [-0.2, -0.15) is 0 Å². The minimum Gasteiger partial charge on any atom is -0.497 e. The van der Waals surface area contributed by atoms with Crippen LogP contribution in [-0.4, -0.2) is 18.8 Å². The average molecular weight is 325 g/mol. The number of benzene rings is 2. The second-order valence-corrected chi connectivity index (χ2v) is 5.87. The van der Waals surface area contributed by atoms with Crippen LogP contribution in [0.2, 0.25) is 0 Å². The first kappa shape index (κ1) is 17.7. The van der Waals surface area contributed by atoms with E-state index >= 15 is 0 Å². The van der Waals surface area contributed by atoms with Crippen LogP contribution in [0.3, 0.4) is 0 Å². The fraction of sp³-hybridized carbons (Fsp3) is 0.300. The largest absolute Gasteiger partial charge is 0.497 e. The van der Waals surface area contributed by atoms with E-state index in [9.17, 15) is 9.59 Å². The molecular weight excluding hydrogens is 302 g/mol. The number of hydrogen-bond donors (Lipinski definition) is 1. The molecule has 24 heavy (non-hydrogen) atoms. The maximum absolute atomic E-state index is 12.3. The van der Waals surface area contributed by atoms with E-state index in [1.807, 2.05) is 56.3 Å². The summed E-state index contributed by atoms with van der Waals surface area (Å²) in [4.78, 5) is 24.2. The summed E-state index contributed by atoms with van der Waals surface area (Å²) in [5.41, 5.74) is 3.66. The third kappa shape index (κ3) is 4.95. The van der Waals surface area contributed by atoms with Crippen molar-refractivity contribution in [2.24, 2.45) is 0 Å². The van der Waals surface area contributed by atoms with Crippen molar-refractivity contribution in [3.05, 3.63) is 64.7 Å². The van der Waals surface area contributed by atoms with Crippen molar-refractivity contribution < 1.29 is 14.3 Å². The highest BCUT2D eigenvalue weighted by molar-refractivity contribution is 5.99. The van der Waals surface area contributed by atoms with Crippen LogP contribution in [0.1, 0.15) is 39.9 Å². The monoisotopic (exact) mass is 325 g/mol. The fourth-order valence-corrected chi connectivity index (χ4v) is 2.47. The second-order valence-electron chi connectivity index (χ2n) is 5.87. The molecule has 0 unspecified atom stereocenters. The number of carbonyl (C=O) groups excluding carboxylic acids is 2. The van der Waals surface area contributed by atoms with Gasteiger partial charge in [0.2, 0.25) is 5.91 Å². The summed E-state index contributed by atoms with van der Waals surface area (Å²) in [6.45, 7) is 4.29. The molecule has 1 N–H and O–H groups in total. The van der Waals surface area contributed by atoms with Crippen LogP contribution in [-0.2, 0) is 11.3 Å². The number of rotatable bonds is 7. The van der Waals surface area contributed by atoms with Crippen LogP contribution < -0.4 is 10.1 Å². The van der Waals surface area contributed by atoms with Gasteiger partial charge < -0.3 is 10.1 Å². The number of hydrogen-bond acceptors (Lipinski definition) is 3. The SMILES string of the molecule is COc1cccc(CNC(=O)CCC(=O)c2cc(C)ccc2C)c1. The highest BCUT2D eigenvalue weighted by atomic mass is 16.5. The molecule has 2 aromatic carbocycles. The van der Waals surface area contributed by atoms with Crippen molar-refractivity contribution in [2.75, 3.05) is 7.11 Å². The third-order valence-corrected chi connectivity index (χ3v) is 3.90. The number of aryl methyl sites for hydroxylation is 2. The van der Waals surface area contributed by atoms with Crippen LogP contribution in [0.25, 0.3) is 0 Å². The van der Waals surface area contributed by atoms with Gasteiger partial charge in [-0.15, -0.1) is 0 Å². The average Bonchev–Trinajstić information content (AvgIpc) is 2.60. The maximum Gasteiger partial charge on any atom is 0.220 e. The van der Waals surface area contributed by atoms with Gasteiger partial charge in [-0.1, -0.05) is 29.8 Å². The van der Waals surface area contributed by atoms with Crippen LogP contribution in [0, 0.1) is 13.8 Å². The van der Waals surface area contributed by atoms with Gasteiger partial charge in [0.25, 0.3) is 0 Å². The Balaban J connectivity index is 1.84. The minimum atomic E-state index is -0.128. The van der Waals surface area contributed by atoms with Crippen LogP contribution in [0.4, 0.5) is 0 Å². The van der Waals surface area contributed by atoms with Crippen molar-refractivity contribution in [1.82, 2.24) is 5.32 Å². The molecule has 0 saturated carbocycles. The first-order valence-electron chi connectivity index (χ1n) is 7.99. The standard InChI is InChI=1S/C20H23NO3/c1-14-7-8-15(2)18(11-14)19(22)9-10-20(23)21-13-16-5-4-6-17(12-16)24-3/h4-8,11-12H,9-10,13H2,1-3H3,(H,21,23). The van der Waals surface area contributed by atoms with E-state index < -0.39 is 0 Å². The predicted molar refractivity (Wildman–Crippen MR) is 94.3 cm³/mol. The summed E-state index contributed by atoms with van der Waals surface area (Å²) < 4.78 is 5.15. The molecule has 0 aliphatic carbocycles. The van der Waals surface area contributed by atoms with E-state index in [1.54, 1.807) is 7.11 Å². The van der Waals surface area contributed by atoms with Crippen molar-refractivity contribution in [1.29, 1.82) is 0 Å². The van der Waals surface area contributed by atoms with E-state index in [2.05, 4.69) is 5.32 Å². The van der Waals surface area contributed by atoms with Gasteiger partial charge >= 0.3 is 0 Å². The highest BCUT2D eigenvalue weighted by Crippen LogP contribution is 2.14. The zero-order valence-corrected chi connectivity index (χ0v) is 14.4. The number of methoxy groups -OCH3 is 1. The first-order chi connectivity index (χ1) is 11.5. The van der Waals surface area contributed by atoms with Crippen molar-refractivity contribution in [3.8, 4) is 5.75 Å². The maximum atomic E-state index is 12.3. The Kier molecular flexibility index (Phi) is 6.13. The molecule has 4 nitrogen and oxygen atoms in total. The normalized spacial score (nSPS) is 10.3. The molecule has 0 aliphatic heterocycles. The van der Waals surface area contributed by atoms with Gasteiger partial charge in [0.1, 0.15) is 5.75 Å². The number of ether oxygens (including phenoxy) is 1. The topological polar surface area (TPSA) is 55.4 Å². The first-order valence-corrected chi connectivity index (χ1v) is 7.99. The van der Waals surface area contributed by atoms with E-state index in [1.165, 1.54) is 0 Å². The van der Waals surface area contributed by atoms with Crippen molar-refractivity contribution >= 4 is 11.7 Å². The quantitative estimate of drug-likeness (QED) is 0.792. The van der Waals surface area contributed by atoms with Gasteiger partial charge in [-0.25, -0.2) is 0 Å². The molecular formula is C20H23NO3. The molecule has 0 atom stereocenters. The molecule has 2 rings (SSSR count). The number of nitrogens with one attached hydrogen (secondary N) is 1.